The number of ether oxygens (including phenoxy) is 1. The van der Waals surface area contributed by atoms with Crippen LogP contribution in [-0.4, -0.2) is 21.3 Å². The summed E-state index contributed by atoms with van der Waals surface area (Å²) in [7, 11) is -0.632. The first-order valence-electron chi connectivity index (χ1n) is 3.36. The molecule has 1 aliphatic rings. The Bertz CT molecular complexity index is 167. The zero-order valence-corrected chi connectivity index (χ0v) is 6.95. The van der Waals surface area contributed by atoms with E-state index in [1.165, 1.54) is 6.26 Å². The van der Waals surface area contributed by atoms with E-state index in [1.54, 1.807) is 0 Å². The second kappa shape index (κ2) is 2.74. The monoisotopic (exact) mass is 160 g/mol. The van der Waals surface area contributed by atoms with Crippen LogP contribution in [0.15, 0.2) is 12.8 Å². The molecule has 58 valence electrons. The van der Waals surface area contributed by atoms with E-state index in [4.69, 9.17) is 4.74 Å². The summed E-state index contributed by atoms with van der Waals surface area (Å²) in [4.78, 5) is 0. The average molecular weight is 160 g/mol. The van der Waals surface area contributed by atoms with Gasteiger partial charge < -0.3 is 4.74 Å². The number of hydrogen-bond acceptors (Lipinski definition) is 2. The van der Waals surface area contributed by atoms with E-state index in [0.717, 1.165) is 12.2 Å². The Kier molecular flexibility index (Phi) is 2.14. The van der Waals surface area contributed by atoms with Crippen LogP contribution in [0.4, 0.5) is 0 Å². The van der Waals surface area contributed by atoms with E-state index >= 15 is 0 Å². The third kappa shape index (κ3) is 1.24. The fourth-order valence-electron chi connectivity index (χ4n) is 0.893. The Morgan fingerprint density at radius 1 is 1.90 bits per heavy atom. The minimum atomic E-state index is -0.632. The van der Waals surface area contributed by atoms with Crippen molar-refractivity contribution < 1.29 is 8.95 Å². The maximum absolute atomic E-state index is 10.9. The Morgan fingerprint density at radius 3 is 2.80 bits per heavy atom. The molecule has 1 saturated heterocycles. The van der Waals surface area contributed by atoms with Gasteiger partial charge in [-0.2, -0.15) is 0 Å². The molecule has 1 heterocycles. The lowest BCUT2D eigenvalue weighted by Gasteiger charge is -2.07. The molecule has 0 aromatic rings. The predicted molar refractivity (Wildman–Crippen MR) is 42.2 cm³/mol. The van der Waals surface area contributed by atoms with Crippen molar-refractivity contribution in [3.05, 3.63) is 12.8 Å². The first kappa shape index (κ1) is 7.79. The van der Waals surface area contributed by atoms with Gasteiger partial charge in [-0.1, -0.05) is 13.5 Å². The molecule has 0 N–H and O–H groups in total. The Hall–Kier alpha value is -0.310. The van der Waals surface area contributed by atoms with Gasteiger partial charge in [0.05, 0.1) is 11.0 Å². The summed E-state index contributed by atoms with van der Waals surface area (Å²) in [6, 6.07) is 0. The van der Waals surface area contributed by atoms with Crippen LogP contribution in [0, 0.1) is 0 Å². The van der Waals surface area contributed by atoms with Crippen LogP contribution >= 0.6 is 0 Å². The Labute approximate surface area is 63.7 Å². The molecule has 0 radical (unpaired) electrons. The molecule has 0 spiro atoms. The smallest absolute Gasteiger partial charge is 0.105 e. The van der Waals surface area contributed by atoms with Crippen LogP contribution in [0.1, 0.15) is 13.3 Å². The standard InChI is InChI=1S/C7H12O2S/c1-3-7(5-9-4-2)6-10(7)8/h4H,2-3,5-6H2,1H3. The van der Waals surface area contributed by atoms with Gasteiger partial charge in [0.1, 0.15) is 6.61 Å². The van der Waals surface area contributed by atoms with Crippen molar-refractivity contribution in [2.75, 3.05) is 12.4 Å². The van der Waals surface area contributed by atoms with Crippen molar-refractivity contribution in [3.63, 3.8) is 0 Å². The van der Waals surface area contributed by atoms with Gasteiger partial charge in [-0.05, 0) is 6.42 Å². The molecule has 0 aromatic carbocycles. The first-order valence-corrected chi connectivity index (χ1v) is 4.68. The van der Waals surface area contributed by atoms with Crippen LogP contribution in [0.5, 0.6) is 0 Å². The van der Waals surface area contributed by atoms with Gasteiger partial charge in [0, 0.05) is 16.6 Å². The molecular weight excluding hydrogens is 148 g/mol. The lowest BCUT2D eigenvalue weighted by Crippen LogP contribution is -2.16. The largest absolute Gasteiger partial charge is 0.500 e. The summed E-state index contributed by atoms with van der Waals surface area (Å²) >= 11 is 0. The fourth-order valence-corrected chi connectivity index (χ4v) is 2.26. The van der Waals surface area contributed by atoms with E-state index in [-0.39, 0.29) is 4.75 Å². The van der Waals surface area contributed by atoms with Crippen LogP contribution in [0.25, 0.3) is 0 Å². The summed E-state index contributed by atoms with van der Waals surface area (Å²) in [5, 5.41) is 0. The fraction of sp³-hybridized carbons (Fsp3) is 0.714. The van der Waals surface area contributed by atoms with Crippen molar-refractivity contribution >= 4 is 10.8 Å². The third-order valence-electron chi connectivity index (χ3n) is 1.90. The molecular formula is C7H12O2S. The predicted octanol–water partition coefficient (Wildman–Crippen LogP) is 1.06. The van der Waals surface area contributed by atoms with Crippen molar-refractivity contribution in [3.8, 4) is 0 Å². The second-order valence-corrected chi connectivity index (χ2v) is 4.35. The molecule has 10 heavy (non-hydrogen) atoms. The van der Waals surface area contributed by atoms with Gasteiger partial charge in [-0.25, -0.2) is 0 Å². The van der Waals surface area contributed by atoms with Crippen molar-refractivity contribution in [1.82, 2.24) is 0 Å². The summed E-state index contributed by atoms with van der Waals surface area (Å²) < 4.78 is 15.9. The highest BCUT2D eigenvalue weighted by atomic mass is 32.2. The molecule has 0 amide bonds. The van der Waals surface area contributed by atoms with Crippen LogP contribution in [-0.2, 0) is 15.5 Å². The Balaban J connectivity index is 2.37. The summed E-state index contributed by atoms with van der Waals surface area (Å²) in [5.74, 6) is 0.803. The summed E-state index contributed by atoms with van der Waals surface area (Å²) in [6.07, 6.45) is 2.35. The lowest BCUT2D eigenvalue weighted by atomic mass is 10.1. The highest BCUT2D eigenvalue weighted by Gasteiger charge is 2.51. The van der Waals surface area contributed by atoms with Gasteiger partial charge >= 0.3 is 0 Å². The minimum Gasteiger partial charge on any atom is -0.500 e. The second-order valence-electron chi connectivity index (χ2n) is 2.50. The van der Waals surface area contributed by atoms with Crippen molar-refractivity contribution in [2.24, 2.45) is 0 Å². The van der Waals surface area contributed by atoms with Gasteiger partial charge in [-0.3, -0.25) is 4.21 Å². The number of hydrogen-bond donors (Lipinski definition) is 0. The summed E-state index contributed by atoms with van der Waals surface area (Å²) in [6.45, 7) is 6.04. The van der Waals surface area contributed by atoms with Gasteiger partial charge in [0.15, 0.2) is 0 Å². The maximum Gasteiger partial charge on any atom is 0.105 e. The third-order valence-corrected chi connectivity index (χ3v) is 3.88. The zero-order chi connectivity index (χ0) is 7.61. The first-order chi connectivity index (χ1) is 4.75. The van der Waals surface area contributed by atoms with Crippen LogP contribution < -0.4 is 0 Å². The van der Waals surface area contributed by atoms with Crippen LogP contribution in [0.2, 0.25) is 0 Å². The van der Waals surface area contributed by atoms with E-state index < -0.39 is 10.8 Å². The minimum absolute atomic E-state index is 0.0197. The molecule has 0 aliphatic carbocycles. The van der Waals surface area contributed by atoms with Gasteiger partial charge in [0.25, 0.3) is 0 Å². The van der Waals surface area contributed by atoms with Crippen molar-refractivity contribution in [2.45, 2.75) is 18.1 Å². The molecule has 2 atom stereocenters. The molecule has 0 aromatic heterocycles. The van der Waals surface area contributed by atoms with Crippen molar-refractivity contribution in [1.29, 1.82) is 0 Å². The van der Waals surface area contributed by atoms with E-state index in [1.807, 2.05) is 6.92 Å². The molecule has 1 rings (SSSR count). The van der Waals surface area contributed by atoms with Gasteiger partial charge in [-0.15, -0.1) is 0 Å². The normalized spacial score (nSPS) is 37.1. The lowest BCUT2D eigenvalue weighted by molar-refractivity contribution is 0.228. The molecule has 0 bridgehead atoms. The Morgan fingerprint density at radius 2 is 2.50 bits per heavy atom. The van der Waals surface area contributed by atoms with E-state index in [0.29, 0.717) is 6.61 Å². The van der Waals surface area contributed by atoms with Crippen LogP contribution in [0.3, 0.4) is 0 Å². The quantitative estimate of drug-likeness (QED) is 0.454. The molecule has 3 heteroatoms. The molecule has 0 saturated carbocycles. The highest BCUT2D eigenvalue weighted by Crippen LogP contribution is 2.35. The highest BCUT2D eigenvalue weighted by molar-refractivity contribution is 7.94. The summed E-state index contributed by atoms with van der Waals surface area (Å²) in [5.41, 5.74) is 0. The average Bonchev–Trinajstić information content (AvgIpc) is 2.59. The van der Waals surface area contributed by atoms with E-state index in [2.05, 4.69) is 6.58 Å². The topological polar surface area (TPSA) is 26.3 Å². The zero-order valence-electron chi connectivity index (χ0n) is 6.13. The van der Waals surface area contributed by atoms with E-state index in [9.17, 15) is 4.21 Å². The molecule has 2 nitrogen and oxygen atoms in total. The SMILES string of the molecule is C=COCC1(CC)CS1=O. The molecule has 1 aliphatic heterocycles. The maximum atomic E-state index is 10.9. The van der Waals surface area contributed by atoms with Gasteiger partial charge in [0.2, 0.25) is 0 Å². The molecule has 2 unspecified atom stereocenters. The molecule has 1 fully saturated rings. The number of rotatable bonds is 4.